The molecule has 7 heteroatoms. The average Bonchev–Trinajstić information content (AvgIpc) is 2.29. The number of hydrogen-bond acceptors (Lipinski definition) is 5. The highest BCUT2D eigenvalue weighted by Crippen LogP contribution is 2.08. The molecule has 0 amide bonds. The third-order valence-corrected chi connectivity index (χ3v) is 2.65. The molecular formula is C15H25NO6. The molecule has 7 nitrogen and oxygen atoms in total. The molecule has 0 aromatic heterocycles. The van der Waals surface area contributed by atoms with Crippen LogP contribution in [-0.2, 0) is 19.1 Å². The predicted octanol–water partition coefficient (Wildman–Crippen LogP) is -0.0544. The Morgan fingerprint density at radius 2 is 1.86 bits per heavy atom. The van der Waals surface area contributed by atoms with E-state index < -0.39 is 24.0 Å². The van der Waals surface area contributed by atoms with Gasteiger partial charge < -0.3 is 24.2 Å². The lowest BCUT2D eigenvalue weighted by Gasteiger charge is -2.29. The van der Waals surface area contributed by atoms with E-state index in [9.17, 15) is 19.5 Å². The number of rotatable bonds is 11. The zero-order valence-corrected chi connectivity index (χ0v) is 13.4. The summed E-state index contributed by atoms with van der Waals surface area (Å²) in [6.07, 6.45) is 3.43. The summed E-state index contributed by atoms with van der Waals surface area (Å²) in [5.41, 5.74) is 0. The number of carbonyl (C=O) groups excluding carboxylic acids is 2. The number of carboxylic acid groups (broad SMARTS) is 2. The van der Waals surface area contributed by atoms with Crippen molar-refractivity contribution >= 4 is 17.9 Å². The number of hydrogen-bond donors (Lipinski definition) is 1. The lowest BCUT2D eigenvalue weighted by atomic mass is 10.2. The minimum Gasteiger partial charge on any atom is -0.550 e. The second-order valence-corrected chi connectivity index (χ2v) is 6.12. The number of ether oxygens (including phenoxy) is 1. The van der Waals surface area contributed by atoms with Crippen molar-refractivity contribution < 1.29 is 33.8 Å². The molecule has 0 rings (SSSR count). The van der Waals surface area contributed by atoms with Gasteiger partial charge >= 0.3 is 11.9 Å². The molecule has 0 saturated carbocycles. The molecule has 0 aromatic rings. The van der Waals surface area contributed by atoms with E-state index in [1.807, 2.05) is 21.1 Å². The monoisotopic (exact) mass is 315 g/mol. The van der Waals surface area contributed by atoms with E-state index in [0.29, 0.717) is 23.9 Å². The maximum Gasteiger partial charge on any atom is 0.307 e. The van der Waals surface area contributed by atoms with E-state index in [2.05, 4.69) is 0 Å². The van der Waals surface area contributed by atoms with Crippen LogP contribution >= 0.6 is 0 Å². The molecule has 1 atom stereocenters. The number of aliphatic carboxylic acids is 2. The number of carboxylic acids is 2. The van der Waals surface area contributed by atoms with Crippen LogP contribution in [0.5, 0.6) is 0 Å². The summed E-state index contributed by atoms with van der Waals surface area (Å²) in [6, 6.07) is 0. The zero-order chi connectivity index (χ0) is 17.2. The maximum atomic E-state index is 11.7. The van der Waals surface area contributed by atoms with Crippen LogP contribution in [0.25, 0.3) is 0 Å². The van der Waals surface area contributed by atoms with Crippen molar-refractivity contribution in [2.45, 2.75) is 38.2 Å². The molecule has 1 N–H and O–H groups in total. The first-order valence-corrected chi connectivity index (χ1v) is 7.16. The van der Waals surface area contributed by atoms with E-state index in [-0.39, 0.29) is 19.3 Å². The van der Waals surface area contributed by atoms with Gasteiger partial charge in [-0.15, -0.1) is 0 Å². The van der Waals surface area contributed by atoms with Gasteiger partial charge in [0, 0.05) is 18.8 Å². The lowest BCUT2D eigenvalue weighted by molar-refractivity contribution is -0.873. The van der Waals surface area contributed by atoms with Crippen LogP contribution in [0.15, 0.2) is 12.2 Å². The molecule has 0 radical (unpaired) electrons. The number of nitrogens with zero attached hydrogens (tertiary/aromatic N) is 1. The van der Waals surface area contributed by atoms with Gasteiger partial charge in [-0.05, 0) is 12.8 Å². The predicted molar refractivity (Wildman–Crippen MR) is 77.6 cm³/mol. The number of unbranched alkanes of at least 4 members (excludes halogenated alkanes) is 1. The van der Waals surface area contributed by atoms with E-state index in [1.165, 1.54) is 6.08 Å². The number of quaternary nitrogens is 1. The molecule has 1 unspecified atom stereocenters. The summed E-state index contributed by atoms with van der Waals surface area (Å²) in [5, 5.41) is 19.1. The fourth-order valence-corrected chi connectivity index (χ4v) is 1.85. The van der Waals surface area contributed by atoms with Crippen LogP contribution in [0.1, 0.15) is 32.1 Å². The Morgan fingerprint density at radius 1 is 1.23 bits per heavy atom. The number of allylic oxidation sites excluding steroid dienone is 1. The van der Waals surface area contributed by atoms with Gasteiger partial charge in [-0.1, -0.05) is 12.2 Å². The lowest BCUT2D eigenvalue weighted by Crippen LogP contribution is -2.45. The average molecular weight is 315 g/mol. The first-order valence-electron chi connectivity index (χ1n) is 7.16. The minimum absolute atomic E-state index is 0.0400. The van der Waals surface area contributed by atoms with Gasteiger partial charge in [0.25, 0.3) is 0 Å². The smallest absolute Gasteiger partial charge is 0.307 e. The van der Waals surface area contributed by atoms with Crippen LogP contribution < -0.4 is 5.11 Å². The van der Waals surface area contributed by atoms with Crippen molar-refractivity contribution in [1.82, 2.24) is 0 Å². The van der Waals surface area contributed by atoms with Gasteiger partial charge in [0.2, 0.25) is 0 Å². The van der Waals surface area contributed by atoms with Crippen LogP contribution in [0.3, 0.4) is 0 Å². The molecule has 0 bridgehead atoms. The Hall–Kier alpha value is -1.89. The molecule has 0 aliphatic rings. The van der Waals surface area contributed by atoms with Crippen molar-refractivity contribution in [1.29, 1.82) is 0 Å². The summed E-state index contributed by atoms with van der Waals surface area (Å²) in [7, 11) is 5.64. The van der Waals surface area contributed by atoms with Gasteiger partial charge in [-0.2, -0.15) is 0 Å². The Labute approximate surface area is 130 Å². The Kier molecular flexibility index (Phi) is 9.09. The summed E-state index contributed by atoms with van der Waals surface area (Å²) >= 11 is 0. The molecule has 0 fully saturated rings. The highest BCUT2D eigenvalue weighted by Gasteiger charge is 2.22. The number of esters is 1. The molecular weight excluding hydrogens is 290 g/mol. The summed E-state index contributed by atoms with van der Waals surface area (Å²) in [4.78, 5) is 32.7. The first kappa shape index (κ1) is 20.1. The van der Waals surface area contributed by atoms with Gasteiger partial charge in [-0.3, -0.25) is 9.59 Å². The Balaban J connectivity index is 4.14. The van der Waals surface area contributed by atoms with Gasteiger partial charge in [0.15, 0.2) is 6.10 Å². The maximum absolute atomic E-state index is 11.7. The van der Waals surface area contributed by atoms with Crippen molar-refractivity contribution in [3.63, 3.8) is 0 Å². The Morgan fingerprint density at radius 3 is 2.36 bits per heavy atom. The molecule has 126 valence electrons. The SMILES string of the molecule is C[N+](C)(C)CC(CC(=O)[O-])OC(=O)CCC/C=C/CC(=O)O. The van der Waals surface area contributed by atoms with Crippen molar-refractivity contribution in [2.24, 2.45) is 0 Å². The van der Waals surface area contributed by atoms with Crippen molar-refractivity contribution in [3.8, 4) is 0 Å². The van der Waals surface area contributed by atoms with Crippen LogP contribution in [0.2, 0.25) is 0 Å². The standard InChI is InChI=1S/C15H25NO6/c1-16(2,3)11-12(10-14(19)20)22-15(21)9-7-5-4-6-8-13(17)18/h4,6,12H,5,7-11H2,1-3H3,(H-,17,18,19,20)/b6-4+. The van der Waals surface area contributed by atoms with E-state index in [0.717, 1.165) is 0 Å². The summed E-state index contributed by atoms with van der Waals surface area (Å²) in [6.45, 7) is 0.387. The molecule has 0 spiro atoms. The number of likely N-dealkylation sites (N-methyl/N-ethyl adjacent to an activating group) is 1. The largest absolute Gasteiger partial charge is 0.550 e. The van der Waals surface area contributed by atoms with E-state index in [1.54, 1.807) is 6.08 Å². The molecule has 22 heavy (non-hydrogen) atoms. The summed E-state index contributed by atoms with van der Waals surface area (Å²) in [5.74, 6) is -2.60. The molecule has 0 aromatic carbocycles. The number of carbonyl (C=O) groups is 3. The third kappa shape index (κ3) is 13.1. The highest BCUT2D eigenvalue weighted by atomic mass is 16.5. The van der Waals surface area contributed by atoms with E-state index >= 15 is 0 Å². The highest BCUT2D eigenvalue weighted by molar-refractivity contribution is 5.71. The fraction of sp³-hybridized carbons (Fsp3) is 0.667. The topological polar surface area (TPSA) is 104 Å². The fourth-order valence-electron chi connectivity index (χ4n) is 1.85. The normalized spacial score (nSPS) is 13.0. The molecule has 0 heterocycles. The van der Waals surface area contributed by atoms with Gasteiger partial charge in [-0.25, -0.2) is 0 Å². The first-order chi connectivity index (χ1) is 10.1. The minimum atomic E-state index is -1.25. The molecule has 0 saturated heterocycles. The summed E-state index contributed by atoms with van der Waals surface area (Å²) < 4.78 is 5.66. The van der Waals surface area contributed by atoms with Gasteiger partial charge in [0.1, 0.15) is 6.54 Å². The quantitative estimate of drug-likeness (QED) is 0.248. The zero-order valence-electron chi connectivity index (χ0n) is 13.4. The second-order valence-electron chi connectivity index (χ2n) is 6.12. The third-order valence-electron chi connectivity index (χ3n) is 2.65. The van der Waals surface area contributed by atoms with Crippen LogP contribution in [0.4, 0.5) is 0 Å². The van der Waals surface area contributed by atoms with Crippen LogP contribution in [0, 0.1) is 0 Å². The van der Waals surface area contributed by atoms with Crippen molar-refractivity contribution in [3.05, 3.63) is 12.2 Å². The van der Waals surface area contributed by atoms with Crippen LogP contribution in [-0.4, -0.2) is 61.3 Å². The Bertz CT molecular complexity index is 411. The molecule has 0 aliphatic carbocycles. The van der Waals surface area contributed by atoms with Crippen molar-refractivity contribution in [2.75, 3.05) is 27.7 Å². The van der Waals surface area contributed by atoms with E-state index in [4.69, 9.17) is 9.84 Å². The second kappa shape index (κ2) is 9.94. The van der Waals surface area contributed by atoms with Gasteiger partial charge in [0.05, 0.1) is 27.6 Å². The molecule has 0 aliphatic heterocycles.